The minimum atomic E-state index is -4.12. The van der Waals surface area contributed by atoms with Gasteiger partial charge in [0.05, 0.1) is 26.5 Å². The van der Waals surface area contributed by atoms with Crippen LogP contribution in [0.3, 0.4) is 0 Å². The molecule has 0 saturated heterocycles. The molecule has 1 aliphatic rings. The van der Waals surface area contributed by atoms with Crippen LogP contribution in [0.4, 0.5) is 11.4 Å². The van der Waals surface area contributed by atoms with Crippen LogP contribution in [0.15, 0.2) is 60.0 Å². The normalized spacial score (nSPS) is 14.8. The lowest BCUT2D eigenvalue weighted by Gasteiger charge is -2.32. The third-order valence-electron chi connectivity index (χ3n) is 4.60. The molecule has 3 rings (SSSR count). The first kappa shape index (κ1) is 20.5. The third kappa shape index (κ3) is 3.58. The number of hydrogen-bond acceptors (Lipinski definition) is 5. The Labute approximate surface area is 170 Å². The summed E-state index contributed by atoms with van der Waals surface area (Å²) in [4.78, 5) is 12.7. The van der Waals surface area contributed by atoms with Crippen molar-refractivity contribution in [2.24, 2.45) is 0 Å². The smallest absolute Gasteiger partial charge is 0.270 e. The van der Waals surface area contributed by atoms with Crippen molar-refractivity contribution in [2.75, 3.05) is 30.4 Å². The molecule has 152 valence electrons. The van der Waals surface area contributed by atoms with E-state index in [2.05, 4.69) is 11.9 Å². The van der Waals surface area contributed by atoms with Crippen LogP contribution in [-0.4, -0.2) is 35.1 Å². The van der Waals surface area contributed by atoms with Gasteiger partial charge in [-0.1, -0.05) is 24.3 Å². The highest BCUT2D eigenvalue weighted by Gasteiger charge is 2.39. The molecular formula is C21H22N2O5S. The Balaban J connectivity index is 2.22. The first-order valence-corrected chi connectivity index (χ1v) is 10.3. The zero-order valence-electron chi connectivity index (χ0n) is 16.4. The third-order valence-corrected chi connectivity index (χ3v) is 6.53. The van der Waals surface area contributed by atoms with Crippen molar-refractivity contribution in [2.45, 2.75) is 6.92 Å². The predicted molar refractivity (Wildman–Crippen MR) is 114 cm³/mol. The van der Waals surface area contributed by atoms with Crippen molar-refractivity contribution in [3.8, 4) is 11.5 Å². The van der Waals surface area contributed by atoms with E-state index in [0.29, 0.717) is 34.0 Å². The van der Waals surface area contributed by atoms with Gasteiger partial charge < -0.3 is 14.8 Å². The highest BCUT2D eigenvalue weighted by atomic mass is 32.2. The number of benzene rings is 2. The summed E-state index contributed by atoms with van der Waals surface area (Å²) in [6.45, 7) is 5.25. The monoisotopic (exact) mass is 414 g/mol. The second-order valence-corrected chi connectivity index (χ2v) is 8.12. The fraction of sp³-hybridized carbons (Fsp3) is 0.190. The van der Waals surface area contributed by atoms with Crippen molar-refractivity contribution < 1.29 is 22.7 Å². The molecule has 7 nitrogen and oxygen atoms in total. The van der Waals surface area contributed by atoms with Gasteiger partial charge in [0, 0.05) is 17.3 Å². The number of allylic oxidation sites excluding steroid dienone is 1. The number of anilines is 2. The number of carbonyl (C=O) groups excluding carboxylic acids is 1. The fourth-order valence-corrected chi connectivity index (χ4v) is 4.96. The number of sulfonamides is 1. The number of fused-ring (bicyclic) bond motifs is 1. The number of para-hydroxylation sites is 1. The number of amides is 1. The molecule has 1 amide bonds. The van der Waals surface area contributed by atoms with Gasteiger partial charge in [0.2, 0.25) is 0 Å². The number of nitrogens with zero attached hydrogens (tertiary/aromatic N) is 1. The molecule has 0 aliphatic carbocycles. The quantitative estimate of drug-likeness (QED) is 0.733. The van der Waals surface area contributed by atoms with E-state index in [0.717, 1.165) is 4.31 Å². The van der Waals surface area contributed by atoms with Crippen LogP contribution in [-0.2, 0) is 14.8 Å². The Bertz CT molecular complexity index is 1090. The van der Waals surface area contributed by atoms with Crippen LogP contribution in [0, 0.1) is 0 Å². The summed E-state index contributed by atoms with van der Waals surface area (Å²) in [6, 6.07) is 11.9. The van der Waals surface area contributed by atoms with Gasteiger partial charge in [-0.3, -0.25) is 9.10 Å². The van der Waals surface area contributed by atoms with Crippen LogP contribution in [0.5, 0.6) is 11.5 Å². The number of rotatable bonds is 6. The van der Waals surface area contributed by atoms with E-state index in [-0.39, 0.29) is 11.4 Å². The van der Waals surface area contributed by atoms with Crippen molar-refractivity contribution >= 4 is 32.9 Å². The maximum atomic E-state index is 13.3. The summed E-state index contributed by atoms with van der Waals surface area (Å²) < 4.78 is 38.5. The van der Waals surface area contributed by atoms with Gasteiger partial charge in [-0.2, -0.15) is 0 Å². The van der Waals surface area contributed by atoms with Gasteiger partial charge in [-0.05, 0) is 30.7 Å². The van der Waals surface area contributed by atoms with Gasteiger partial charge in [0.25, 0.3) is 15.9 Å². The molecule has 2 aromatic carbocycles. The molecule has 0 unspecified atom stereocenters. The van der Waals surface area contributed by atoms with Gasteiger partial charge in [-0.15, -0.1) is 6.58 Å². The maximum Gasteiger partial charge on any atom is 0.270 e. The molecule has 0 bridgehead atoms. The van der Waals surface area contributed by atoms with E-state index in [1.807, 2.05) is 0 Å². The lowest BCUT2D eigenvalue weighted by atomic mass is 10.0. The van der Waals surface area contributed by atoms with E-state index in [9.17, 15) is 13.2 Å². The van der Waals surface area contributed by atoms with Crippen molar-refractivity contribution in [3.63, 3.8) is 0 Å². The first-order valence-electron chi connectivity index (χ1n) is 8.82. The zero-order valence-corrected chi connectivity index (χ0v) is 17.2. The molecule has 0 saturated carbocycles. The molecule has 2 aromatic rings. The fourth-order valence-electron chi connectivity index (χ4n) is 3.24. The first-order chi connectivity index (χ1) is 13.8. The average molecular weight is 414 g/mol. The second-order valence-electron chi connectivity index (χ2n) is 6.32. The molecule has 29 heavy (non-hydrogen) atoms. The summed E-state index contributed by atoms with van der Waals surface area (Å²) in [7, 11) is -1.15. The van der Waals surface area contributed by atoms with Crippen molar-refractivity contribution in [3.05, 3.63) is 65.6 Å². The summed E-state index contributed by atoms with van der Waals surface area (Å²) >= 11 is 0. The van der Waals surface area contributed by atoms with Crippen molar-refractivity contribution in [1.29, 1.82) is 0 Å². The molecule has 0 atom stereocenters. The Kier molecular flexibility index (Phi) is 5.65. The lowest BCUT2D eigenvalue weighted by Crippen LogP contribution is -2.39. The maximum absolute atomic E-state index is 13.3. The molecular weight excluding hydrogens is 392 g/mol. The SMILES string of the molecule is C=CCN1c2cc(OC)c(OC)cc2C(C)=C(C(=O)Nc2ccccc2)S1(=O)=O. The Morgan fingerprint density at radius 1 is 1.14 bits per heavy atom. The molecule has 0 aromatic heterocycles. The van der Waals surface area contributed by atoms with E-state index in [4.69, 9.17) is 9.47 Å². The standard InChI is InChI=1S/C21H22N2O5S/c1-5-11-23-17-13-19(28-4)18(27-3)12-16(17)14(2)20(29(23,25)26)21(24)22-15-9-7-6-8-10-15/h5-10,12-13H,1,11H2,2-4H3,(H,22,24). The summed E-state index contributed by atoms with van der Waals surface area (Å²) in [5.74, 6) is 0.120. The van der Waals surface area contributed by atoms with E-state index in [1.165, 1.54) is 20.3 Å². The summed E-state index contributed by atoms with van der Waals surface area (Å²) in [5.41, 5.74) is 1.80. The topological polar surface area (TPSA) is 84.9 Å². The highest BCUT2D eigenvalue weighted by Crippen LogP contribution is 2.45. The highest BCUT2D eigenvalue weighted by molar-refractivity contribution is 7.97. The van der Waals surface area contributed by atoms with Crippen LogP contribution in [0.2, 0.25) is 0 Å². The van der Waals surface area contributed by atoms with Crippen LogP contribution in [0.25, 0.3) is 5.57 Å². The van der Waals surface area contributed by atoms with Crippen LogP contribution < -0.4 is 19.1 Å². The molecule has 1 N–H and O–H groups in total. The Hall–Kier alpha value is -3.26. The average Bonchev–Trinajstić information content (AvgIpc) is 2.70. The molecule has 1 heterocycles. The van der Waals surface area contributed by atoms with E-state index >= 15 is 0 Å². The molecule has 1 aliphatic heterocycles. The predicted octanol–water partition coefficient (Wildman–Crippen LogP) is 3.41. The lowest BCUT2D eigenvalue weighted by molar-refractivity contribution is -0.112. The van der Waals surface area contributed by atoms with E-state index < -0.39 is 15.9 Å². The Morgan fingerprint density at radius 2 is 1.76 bits per heavy atom. The number of hydrogen-bond donors (Lipinski definition) is 1. The molecule has 8 heteroatoms. The number of carbonyl (C=O) groups is 1. The van der Waals surface area contributed by atoms with Gasteiger partial charge >= 0.3 is 0 Å². The number of methoxy groups -OCH3 is 2. The largest absolute Gasteiger partial charge is 0.493 e. The van der Waals surface area contributed by atoms with Crippen LogP contribution >= 0.6 is 0 Å². The number of nitrogens with one attached hydrogen (secondary N) is 1. The summed E-state index contributed by atoms with van der Waals surface area (Å²) in [5, 5.41) is 2.66. The van der Waals surface area contributed by atoms with Gasteiger partial charge in [-0.25, -0.2) is 8.42 Å². The molecule has 0 radical (unpaired) electrons. The van der Waals surface area contributed by atoms with Gasteiger partial charge in [0.15, 0.2) is 16.4 Å². The summed E-state index contributed by atoms with van der Waals surface area (Å²) in [6.07, 6.45) is 1.46. The minimum absolute atomic E-state index is 0.000212. The van der Waals surface area contributed by atoms with Crippen molar-refractivity contribution in [1.82, 2.24) is 0 Å². The van der Waals surface area contributed by atoms with Gasteiger partial charge in [0.1, 0.15) is 0 Å². The minimum Gasteiger partial charge on any atom is -0.493 e. The van der Waals surface area contributed by atoms with E-state index in [1.54, 1.807) is 49.4 Å². The number of ether oxygens (including phenoxy) is 2. The molecule has 0 fully saturated rings. The van der Waals surface area contributed by atoms with Crippen LogP contribution in [0.1, 0.15) is 12.5 Å². The zero-order chi connectivity index (χ0) is 21.2. The Morgan fingerprint density at radius 3 is 2.34 bits per heavy atom. The second kappa shape index (κ2) is 8.00. The molecule has 0 spiro atoms.